The van der Waals surface area contributed by atoms with E-state index in [2.05, 4.69) is 6.07 Å². The number of halogens is 1. The van der Waals surface area contributed by atoms with Gasteiger partial charge in [0.2, 0.25) is 0 Å². The molecule has 0 unspecified atom stereocenters. The number of benzene rings is 1. The Morgan fingerprint density at radius 1 is 1.25 bits per heavy atom. The first kappa shape index (κ1) is 9.40. The zero-order valence-corrected chi connectivity index (χ0v) is 8.40. The van der Waals surface area contributed by atoms with Crippen LogP contribution in [-0.4, -0.2) is 7.11 Å². The summed E-state index contributed by atoms with van der Waals surface area (Å²) in [5.74, 6) is 1.43. The molecule has 0 fully saturated rings. The van der Waals surface area contributed by atoms with Gasteiger partial charge < -0.3 is 4.74 Å². The number of hydrogen-bond donors (Lipinski definition) is 0. The molecule has 0 radical (unpaired) electrons. The maximum Gasteiger partial charge on any atom is 0.126 e. The molecule has 0 saturated heterocycles. The van der Waals surface area contributed by atoms with E-state index in [9.17, 15) is 0 Å². The van der Waals surface area contributed by atoms with E-state index < -0.39 is 0 Å². The van der Waals surface area contributed by atoms with Crippen molar-refractivity contribution < 1.29 is 4.74 Å². The van der Waals surface area contributed by atoms with E-state index in [0.29, 0.717) is 5.88 Å². The van der Waals surface area contributed by atoms with Gasteiger partial charge in [-0.1, -0.05) is 12.1 Å². The van der Waals surface area contributed by atoms with Gasteiger partial charge in [0.05, 0.1) is 13.0 Å². The molecular weight excluding hydrogens is 172 g/mol. The zero-order chi connectivity index (χ0) is 9.14. The van der Waals surface area contributed by atoms with E-state index in [1.807, 2.05) is 19.9 Å². The summed E-state index contributed by atoms with van der Waals surface area (Å²) in [6.45, 7) is 4.06. The zero-order valence-electron chi connectivity index (χ0n) is 7.65. The molecule has 0 aliphatic heterocycles. The van der Waals surface area contributed by atoms with Crippen molar-refractivity contribution in [1.82, 2.24) is 0 Å². The first-order chi connectivity index (χ1) is 5.70. The molecule has 1 nitrogen and oxygen atoms in total. The van der Waals surface area contributed by atoms with Crippen molar-refractivity contribution >= 4 is 11.6 Å². The van der Waals surface area contributed by atoms with E-state index in [1.54, 1.807) is 7.11 Å². The third-order valence-corrected chi connectivity index (χ3v) is 2.30. The molecule has 0 aliphatic rings. The highest BCUT2D eigenvalue weighted by Crippen LogP contribution is 2.27. The highest BCUT2D eigenvalue weighted by atomic mass is 35.5. The minimum atomic E-state index is 0.511. The van der Waals surface area contributed by atoms with Gasteiger partial charge >= 0.3 is 0 Å². The third kappa shape index (κ3) is 1.56. The van der Waals surface area contributed by atoms with Gasteiger partial charge in [0.1, 0.15) is 5.75 Å². The molecule has 0 spiro atoms. The highest BCUT2D eigenvalue weighted by Gasteiger charge is 2.07. The van der Waals surface area contributed by atoms with E-state index in [4.69, 9.17) is 16.3 Å². The van der Waals surface area contributed by atoms with Crippen molar-refractivity contribution in [3.05, 3.63) is 28.8 Å². The molecule has 66 valence electrons. The van der Waals surface area contributed by atoms with Crippen LogP contribution in [0.2, 0.25) is 0 Å². The van der Waals surface area contributed by atoms with Crippen molar-refractivity contribution in [2.75, 3.05) is 7.11 Å². The molecule has 0 N–H and O–H groups in total. The molecule has 0 heterocycles. The molecule has 2 heteroatoms. The fourth-order valence-electron chi connectivity index (χ4n) is 1.29. The number of hydrogen-bond acceptors (Lipinski definition) is 1. The van der Waals surface area contributed by atoms with Crippen LogP contribution >= 0.6 is 11.6 Å². The Hall–Kier alpha value is -0.690. The van der Waals surface area contributed by atoms with Crippen LogP contribution in [0.3, 0.4) is 0 Å². The summed E-state index contributed by atoms with van der Waals surface area (Å²) in [5, 5.41) is 0. The summed E-state index contributed by atoms with van der Waals surface area (Å²) in [6, 6.07) is 4.11. The maximum absolute atomic E-state index is 5.81. The van der Waals surface area contributed by atoms with Gasteiger partial charge in [-0.2, -0.15) is 0 Å². The predicted molar refractivity (Wildman–Crippen MR) is 52.0 cm³/mol. The van der Waals surface area contributed by atoms with Crippen molar-refractivity contribution in [2.45, 2.75) is 19.7 Å². The summed E-state index contributed by atoms with van der Waals surface area (Å²) in [6.07, 6.45) is 0. The molecule has 1 aromatic rings. The second kappa shape index (κ2) is 3.81. The summed E-state index contributed by atoms with van der Waals surface area (Å²) in [5.41, 5.74) is 3.42. The molecule has 1 aromatic carbocycles. The lowest BCUT2D eigenvalue weighted by Gasteiger charge is -2.11. The van der Waals surface area contributed by atoms with Gasteiger partial charge in [0.15, 0.2) is 0 Å². The maximum atomic E-state index is 5.81. The molecule has 12 heavy (non-hydrogen) atoms. The lowest BCUT2D eigenvalue weighted by atomic mass is 10.1. The van der Waals surface area contributed by atoms with Crippen LogP contribution in [0.5, 0.6) is 5.75 Å². The van der Waals surface area contributed by atoms with Crippen molar-refractivity contribution in [3.8, 4) is 5.75 Å². The smallest absolute Gasteiger partial charge is 0.126 e. The van der Waals surface area contributed by atoms with E-state index in [0.717, 1.165) is 16.9 Å². The molecular formula is C10H13ClO. The number of methoxy groups -OCH3 is 1. The van der Waals surface area contributed by atoms with Gasteiger partial charge in [0, 0.05) is 5.56 Å². The summed E-state index contributed by atoms with van der Waals surface area (Å²) < 4.78 is 5.26. The largest absolute Gasteiger partial charge is 0.496 e. The van der Waals surface area contributed by atoms with Crippen LogP contribution in [0.1, 0.15) is 16.7 Å². The third-order valence-electron chi connectivity index (χ3n) is 2.03. The van der Waals surface area contributed by atoms with E-state index in [-0.39, 0.29) is 0 Å². The first-order valence-electron chi connectivity index (χ1n) is 3.89. The molecule has 0 atom stereocenters. The van der Waals surface area contributed by atoms with Crippen LogP contribution in [0.15, 0.2) is 12.1 Å². The molecule has 0 saturated carbocycles. The second-order valence-electron chi connectivity index (χ2n) is 2.84. The lowest BCUT2D eigenvalue weighted by molar-refractivity contribution is 0.407. The number of rotatable bonds is 2. The summed E-state index contributed by atoms with van der Waals surface area (Å²) in [7, 11) is 1.68. The Balaban J connectivity index is 3.28. The first-order valence-corrected chi connectivity index (χ1v) is 4.43. The predicted octanol–water partition coefficient (Wildman–Crippen LogP) is 3.05. The summed E-state index contributed by atoms with van der Waals surface area (Å²) >= 11 is 5.81. The summed E-state index contributed by atoms with van der Waals surface area (Å²) in [4.78, 5) is 0. The molecule has 1 rings (SSSR count). The van der Waals surface area contributed by atoms with Crippen LogP contribution < -0.4 is 4.74 Å². The average Bonchev–Trinajstić information content (AvgIpc) is 2.08. The van der Waals surface area contributed by atoms with Crippen LogP contribution in [-0.2, 0) is 5.88 Å². The fourth-order valence-corrected chi connectivity index (χ4v) is 1.63. The highest BCUT2D eigenvalue weighted by molar-refractivity contribution is 6.17. The lowest BCUT2D eigenvalue weighted by Crippen LogP contribution is -1.95. The normalized spacial score (nSPS) is 10.0. The Morgan fingerprint density at radius 3 is 2.25 bits per heavy atom. The Bertz CT molecular complexity index is 252. The molecule has 0 amide bonds. The van der Waals surface area contributed by atoms with Crippen molar-refractivity contribution in [2.24, 2.45) is 0 Å². The van der Waals surface area contributed by atoms with Gasteiger partial charge in [-0.3, -0.25) is 0 Å². The topological polar surface area (TPSA) is 9.23 Å². The van der Waals surface area contributed by atoms with Crippen molar-refractivity contribution in [3.63, 3.8) is 0 Å². The molecule has 0 bridgehead atoms. The standard InChI is InChI=1S/C10H13ClO/c1-7-4-5-8(2)10(12-3)9(7)6-11/h4-5H,6H2,1-3H3. The minimum absolute atomic E-state index is 0.511. The van der Waals surface area contributed by atoms with Crippen LogP contribution in [0.25, 0.3) is 0 Å². The number of aryl methyl sites for hydroxylation is 2. The van der Waals surface area contributed by atoms with Gasteiger partial charge in [-0.05, 0) is 25.0 Å². The average molecular weight is 185 g/mol. The van der Waals surface area contributed by atoms with E-state index in [1.165, 1.54) is 5.56 Å². The Morgan fingerprint density at radius 2 is 1.83 bits per heavy atom. The number of ether oxygens (including phenoxy) is 1. The fraction of sp³-hybridized carbons (Fsp3) is 0.400. The van der Waals surface area contributed by atoms with Gasteiger partial charge in [0.25, 0.3) is 0 Å². The van der Waals surface area contributed by atoms with Gasteiger partial charge in [-0.25, -0.2) is 0 Å². The van der Waals surface area contributed by atoms with Crippen LogP contribution in [0.4, 0.5) is 0 Å². The minimum Gasteiger partial charge on any atom is -0.496 e. The van der Waals surface area contributed by atoms with Crippen LogP contribution in [0, 0.1) is 13.8 Å². The molecule has 0 aliphatic carbocycles. The quantitative estimate of drug-likeness (QED) is 0.642. The van der Waals surface area contributed by atoms with Crippen molar-refractivity contribution in [1.29, 1.82) is 0 Å². The molecule has 0 aromatic heterocycles. The van der Waals surface area contributed by atoms with Gasteiger partial charge in [-0.15, -0.1) is 11.6 Å². The Labute approximate surface area is 78.3 Å². The van der Waals surface area contributed by atoms with E-state index >= 15 is 0 Å². The Kier molecular flexibility index (Phi) is 2.99. The monoisotopic (exact) mass is 184 g/mol. The SMILES string of the molecule is COc1c(C)ccc(C)c1CCl. The number of alkyl halides is 1. The second-order valence-corrected chi connectivity index (χ2v) is 3.11.